The van der Waals surface area contributed by atoms with Crippen LogP contribution in [0.2, 0.25) is 0 Å². The predicted octanol–water partition coefficient (Wildman–Crippen LogP) is 0.381. The fourth-order valence-corrected chi connectivity index (χ4v) is 0.959. The van der Waals surface area contributed by atoms with E-state index in [2.05, 4.69) is 0 Å². The van der Waals surface area contributed by atoms with Gasteiger partial charge >= 0.3 is 0 Å². The molecule has 0 bridgehead atoms. The monoisotopic (exact) mass is 144 g/mol. The molecule has 3 heteroatoms. The molecule has 0 radical (unpaired) electrons. The third-order valence-corrected chi connectivity index (χ3v) is 1.49. The van der Waals surface area contributed by atoms with Crippen LogP contribution in [-0.2, 0) is 14.3 Å². The summed E-state index contributed by atoms with van der Waals surface area (Å²) in [6.07, 6.45) is 0.212. The van der Waals surface area contributed by atoms with Crippen LogP contribution in [0.1, 0.15) is 13.3 Å². The molecule has 0 aromatic rings. The molecule has 0 aromatic carbocycles. The molecule has 1 aliphatic heterocycles. The van der Waals surface area contributed by atoms with E-state index in [1.807, 2.05) is 6.92 Å². The predicted molar refractivity (Wildman–Crippen MR) is 35.9 cm³/mol. The van der Waals surface area contributed by atoms with Gasteiger partial charge in [-0.3, -0.25) is 4.79 Å². The molecule has 0 spiro atoms. The van der Waals surface area contributed by atoms with Gasteiger partial charge in [0.1, 0.15) is 6.10 Å². The van der Waals surface area contributed by atoms with Crippen molar-refractivity contribution < 1.29 is 14.3 Å². The van der Waals surface area contributed by atoms with E-state index >= 15 is 0 Å². The third kappa shape index (κ3) is 1.78. The van der Waals surface area contributed by atoms with E-state index in [9.17, 15) is 4.79 Å². The van der Waals surface area contributed by atoms with Crippen molar-refractivity contribution in [3.8, 4) is 0 Å². The van der Waals surface area contributed by atoms with Crippen molar-refractivity contribution in [2.24, 2.45) is 0 Å². The number of ether oxygens (including phenoxy) is 2. The Labute approximate surface area is 60.3 Å². The molecule has 0 N–H and O–H groups in total. The maximum Gasteiger partial charge on any atom is 0.166 e. The Bertz CT molecular complexity index is 120. The normalized spacial score (nSPS) is 26.9. The lowest BCUT2D eigenvalue weighted by atomic mass is 10.1. The second-order valence-corrected chi connectivity index (χ2v) is 2.24. The highest BCUT2D eigenvalue weighted by Gasteiger charge is 2.22. The Kier molecular flexibility index (Phi) is 2.83. The summed E-state index contributed by atoms with van der Waals surface area (Å²) in [4.78, 5) is 11.0. The molecule has 10 heavy (non-hydrogen) atoms. The number of carbonyl (C=O) groups excluding carboxylic acids is 1. The van der Waals surface area contributed by atoms with E-state index < -0.39 is 0 Å². The van der Waals surface area contributed by atoms with Gasteiger partial charge in [0.15, 0.2) is 5.78 Å². The van der Waals surface area contributed by atoms with Crippen LogP contribution in [0.5, 0.6) is 0 Å². The van der Waals surface area contributed by atoms with Gasteiger partial charge in [0.05, 0.1) is 13.2 Å². The second kappa shape index (κ2) is 3.68. The molecular weight excluding hydrogens is 132 g/mol. The van der Waals surface area contributed by atoms with Gasteiger partial charge in [-0.1, -0.05) is 0 Å². The molecule has 58 valence electrons. The van der Waals surface area contributed by atoms with Crippen LogP contribution in [0.25, 0.3) is 0 Å². The van der Waals surface area contributed by atoms with Gasteiger partial charge < -0.3 is 9.47 Å². The van der Waals surface area contributed by atoms with Crippen molar-refractivity contribution in [3.63, 3.8) is 0 Å². The largest absolute Gasteiger partial charge is 0.378 e. The zero-order valence-electron chi connectivity index (χ0n) is 6.13. The lowest BCUT2D eigenvalue weighted by Gasteiger charge is -2.20. The molecule has 1 saturated heterocycles. The topological polar surface area (TPSA) is 35.5 Å². The molecule has 1 aliphatic rings. The van der Waals surface area contributed by atoms with Crippen molar-refractivity contribution in [2.75, 3.05) is 19.8 Å². The van der Waals surface area contributed by atoms with Crippen LogP contribution in [0.3, 0.4) is 0 Å². The summed E-state index contributed by atoms with van der Waals surface area (Å²) in [5, 5.41) is 0. The lowest BCUT2D eigenvalue weighted by molar-refractivity contribution is -0.141. The third-order valence-electron chi connectivity index (χ3n) is 1.49. The first-order valence-corrected chi connectivity index (χ1v) is 3.56. The van der Waals surface area contributed by atoms with E-state index in [4.69, 9.17) is 9.47 Å². The van der Waals surface area contributed by atoms with Gasteiger partial charge in [-0.05, 0) is 6.92 Å². The van der Waals surface area contributed by atoms with E-state index in [0.29, 0.717) is 26.2 Å². The SMILES string of the molecule is CCO[C@H]1COCCC1=O. The van der Waals surface area contributed by atoms with Crippen LogP contribution in [0, 0.1) is 0 Å². The van der Waals surface area contributed by atoms with Gasteiger partial charge in [-0.25, -0.2) is 0 Å². The van der Waals surface area contributed by atoms with Gasteiger partial charge in [0.25, 0.3) is 0 Å². The summed E-state index contributed by atoms with van der Waals surface area (Å²) in [6, 6.07) is 0. The molecule has 0 saturated carbocycles. The molecule has 1 rings (SSSR count). The number of rotatable bonds is 2. The zero-order chi connectivity index (χ0) is 7.40. The minimum Gasteiger partial charge on any atom is -0.378 e. The van der Waals surface area contributed by atoms with Crippen LogP contribution in [0.4, 0.5) is 0 Å². The van der Waals surface area contributed by atoms with Crippen molar-refractivity contribution in [2.45, 2.75) is 19.4 Å². The molecule has 0 unspecified atom stereocenters. The standard InChI is InChI=1S/C7H12O3/c1-2-10-7-5-9-4-3-6(7)8/h7H,2-5H2,1H3/t7-/m0/s1. The summed E-state index contributed by atoms with van der Waals surface area (Å²) in [6.45, 7) is 3.46. The van der Waals surface area contributed by atoms with Crippen LogP contribution < -0.4 is 0 Å². The number of hydrogen-bond acceptors (Lipinski definition) is 3. The second-order valence-electron chi connectivity index (χ2n) is 2.24. The molecule has 3 nitrogen and oxygen atoms in total. The number of Topliss-reactive ketones (excluding diaryl/α,β-unsaturated/α-hetero) is 1. The highest BCUT2D eigenvalue weighted by molar-refractivity contribution is 5.83. The summed E-state index contributed by atoms with van der Waals surface area (Å²) < 4.78 is 10.2. The van der Waals surface area contributed by atoms with E-state index in [1.165, 1.54) is 0 Å². The van der Waals surface area contributed by atoms with Gasteiger partial charge in [-0.15, -0.1) is 0 Å². The zero-order valence-corrected chi connectivity index (χ0v) is 6.13. The Morgan fingerprint density at radius 1 is 1.80 bits per heavy atom. The first-order valence-electron chi connectivity index (χ1n) is 3.56. The molecular formula is C7H12O3. The number of hydrogen-bond donors (Lipinski definition) is 0. The average molecular weight is 144 g/mol. The maximum absolute atomic E-state index is 11.0. The minimum atomic E-state index is -0.293. The Morgan fingerprint density at radius 3 is 3.20 bits per heavy atom. The van der Waals surface area contributed by atoms with E-state index in [0.717, 1.165) is 0 Å². The number of ketones is 1. The van der Waals surface area contributed by atoms with E-state index in [1.54, 1.807) is 0 Å². The fourth-order valence-electron chi connectivity index (χ4n) is 0.959. The van der Waals surface area contributed by atoms with Crippen LogP contribution in [-0.4, -0.2) is 31.7 Å². The highest BCUT2D eigenvalue weighted by Crippen LogP contribution is 2.05. The van der Waals surface area contributed by atoms with Gasteiger partial charge in [0.2, 0.25) is 0 Å². The molecule has 0 aromatic heterocycles. The Balaban J connectivity index is 2.32. The van der Waals surface area contributed by atoms with Crippen molar-refractivity contribution in [3.05, 3.63) is 0 Å². The van der Waals surface area contributed by atoms with Crippen molar-refractivity contribution in [1.82, 2.24) is 0 Å². The Hall–Kier alpha value is -0.410. The average Bonchev–Trinajstić information content (AvgIpc) is 1.94. The van der Waals surface area contributed by atoms with Crippen molar-refractivity contribution >= 4 is 5.78 Å². The lowest BCUT2D eigenvalue weighted by Crippen LogP contribution is -2.34. The molecule has 1 atom stereocenters. The summed E-state index contributed by atoms with van der Waals surface area (Å²) >= 11 is 0. The fraction of sp³-hybridized carbons (Fsp3) is 0.857. The molecule has 0 aliphatic carbocycles. The maximum atomic E-state index is 11.0. The molecule has 1 heterocycles. The van der Waals surface area contributed by atoms with Gasteiger partial charge in [-0.2, -0.15) is 0 Å². The van der Waals surface area contributed by atoms with Crippen molar-refractivity contribution in [1.29, 1.82) is 0 Å². The van der Waals surface area contributed by atoms with E-state index in [-0.39, 0.29) is 11.9 Å². The molecule has 0 amide bonds. The number of carbonyl (C=O) groups is 1. The van der Waals surface area contributed by atoms with Crippen LogP contribution in [0.15, 0.2) is 0 Å². The van der Waals surface area contributed by atoms with Gasteiger partial charge in [0, 0.05) is 13.0 Å². The first kappa shape index (κ1) is 7.69. The summed E-state index contributed by atoms with van der Waals surface area (Å²) in [5.74, 6) is 0.174. The summed E-state index contributed by atoms with van der Waals surface area (Å²) in [7, 11) is 0. The quantitative estimate of drug-likeness (QED) is 0.562. The smallest absolute Gasteiger partial charge is 0.166 e. The van der Waals surface area contributed by atoms with Crippen LogP contribution >= 0.6 is 0 Å². The minimum absolute atomic E-state index is 0.174. The molecule has 1 fully saturated rings. The first-order chi connectivity index (χ1) is 4.84. The highest BCUT2D eigenvalue weighted by atomic mass is 16.5. The Morgan fingerprint density at radius 2 is 2.60 bits per heavy atom. The summed E-state index contributed by atoms with van der Waals surface area (Å²) in [5.41, 5.74) is 0.